The normalized spacial score (nSPS) is 23.0. The number of fused-ring (bicyclic) bond motifs is 3. The number of carbonyl (C=O) groups excluding carboxylic acids is 2. The van der Waals surface area contributed by atoms with E-state index in [1.165, 1.54) is 11.1 Å². The number of likely N-dealkylation sites (tertiary alicyclic amines) is 1. The molecule has 2 amide bonds. The predicted octanol–water partition coefficient (Wildman–Crippen LogP) is 4.18. The number of allylic oxidation sites excluding steroid dienone is 1. The van der Waals surface area contributed by atoms with Gasteiger partial charge in [0.05, 0.1) is 6.04 Å². The zero-order chi connectivity index (χ0) is 24.4. The number of hydrogen-bond donors (Lipinski definition) is 2. The molecule has 2 aromatic rings. The first kappa shape index (κ1) is 23.1. The van der Waals surface area contributed by atoms with Crippen molar-refractivity contribution in [1.29, 1.82) is 0 Å². The Morgan fingerprint density at radius 3 is 2.40 bits per heavy atom. The second-order valence-electron chi connectivity index (χ2n) is 9.71. The Hall–Kier alpha value is -3.61. The Labute approximate surface area is 204 Å². The smallest absolute Gasteiger partial charge is 0.407 e. The van der Waals surface area contributed by atoms with Crippen LogP contribution in [0, 0.1) is 11.8 Å². The summed E-state index contributed by atoms with van der Waals surface area (Å²) in [5.41, 5.74) is 4.69. The van der Waals surface area contributed by atoms with Gasteiger partial charge in [-0.1, -0.05) is 60.7 Å². The third-order valence-electron chi connectivity index (χ3n) is 7.38. The van der Waals surface area contributed by atoms with E-state index in [1.807, 2.05) is 36.4 Å². The van der Waals surface area contributed by atoms with Crippen LogP contribution in [0.3, 0.4) is 0 Å². The summed E-state index contributed by atoms with van der Waals surface area (Å²) in [5, 5.41) is 11.9. The number of carboxylic acid groups (broad SMARTS) is 1. The minimum Gasteiger partial charge on any atom is -0.481 e. The first-order chi connectivity index (χ1) is 17.0. The van der Waals surface area contributed by atoms with Crippen molar-refractivity contribution < 1.29 is 24.2 Å². The highest BCUT2D eigenvalue weighted by Gasteiger charge is 2.34. The molecule has 1 unspecified atom stereocenters. The van der Waals surface area contributed by atoms with Gasteiger partial charge in [0.2, 0.25) is 5.91 Å². The molecule has 0 radical (unpaired) electrons. The molecule has 2 aromatic carbocycles. The summed E-state index contributed by atoms with van der Waals surface area (Å²) in [6.45, 7) is 1.34. The van der Waals surface area contributed by atoms with E-state index in [1.54, 1.807) is 4.90 Å². The SMILES string of the molecule is O=C(O)CC1CCN(C(=O)[C@@H]2CC=C[C@@H](NC(=O)OCC3c4ccccc4-c4ccccc43)C2)C1. The van der Waals surface area contributed by atoms with Gasteiger partial charge < -0.3 is 20.1 Å². The number of nitrogens with one attached hydrogen (secondary N) is 1. The van der Waals surface area contributed by atoms with Gasteiger partial charge in [-0.3, -0.25) is 9.59 Å². The molecule has 1 fully saturated rings. The first-order valence-corrected chi connectivity index (χ1v) is 12.3. The number of amides is 2. The molecule has 0 bridgehead atoms. The molecule has 0 aromatic heterocycles. The van der Waals surface area contributed by atoms with Gasteiger partial charge in [-0.15, -0.1) is 0 Å². The quantitative estimate of drug-likeness (QED) is 0.613. The highest BCUT2D eigenvalue weighted by atomic mass is 16.5. The third-order valence-corrected chi connectivity index (χ3v) is 7.38. The van der Waals surface area contributed by atoms with Crippen LogP contribution in [0.1, 0.15) is 42.7 Å². The van der Waals surface area contributed by atoms with Crippen molar-refractivity contribution in [2.24, 2.45) is 11.8 Å². The molecular weight excluding hydrogens is 444 g/mol. The maximum absolute atomic E-state index is 13.0. The lowest BCUT2D eigenvalue weighted by molar-refractivity contribution is -0.139. The topological polar surface area (TPSA) is 95.9 Å². The van der Waals surface area contributed by atoms with Crippen LogP contribution in [0.5, 0.6) is 0 Å². The number of carboxylic acids is 1. The van der Waals surface area contributed by atoms with Crippen LogP contribution in [-0.2, 0) is 14.3 Å². The van der Waals surface area contributed by atoms with E-state index in [0.717, 1.165) is 17.5 Å². The van der Waals surface area contributed by atoms with E-state index in [-0.39, 0.29) is 42.7 Å². The van der Waals surface area contributed by atoms with Crippen LogP contribution < -0.4 is 5.32 Å². The van der Waals surface area contributed by atoms with Crippen LogP contribution in [-0.4, -0.2) is 53.7 Å². The first-order valence-electron chi connectivity index (χ1n) is 12.3. The minimum atomic E-state index is -0.822. The van der Waals surface area contributed by atoms with E-state index < -0.39 is 12.1 Å². The molecule has 7 heteroatoms. The number of benzene rings is 2. The van der Waals surface area contributed by atoms with E-state index in [9.17, 15) is 14.4 Å². The van der Waals surface area contributed by atoms with Crippen molar-refractivity contribution in [2.75, 3.05) is 19.7 Å². The van der Waals surface area contributed by atoms with Gasteiger partial charge in [-0.25, -0.2) is 4.79 Å². The second-order valence-corrected chi connectivity index (χ2v) is 9.71. The predicted molar refractivity (Wildman–Crippen MR) is 131 cm³/mol. The van der Waals surface area contributed by atoms with Crippen LogP contribution in [0.2, 0.25) is 0 Å². The van der Waals surface area contributed by atoms with Crippen LogP contribution in [0.15, 0.2) is 60.7 Å². The van der Waals surface area contributed by atoms with E-state index >= 15 is 0 Å². The van der Waals surface area contributed by atoms with Gasteiger partial charge in [-0.05, 0) is 47.4 Å². The number of rotatable bonds is 6. The van der Waals surface area contributed by atoms with Gasteiger partial charge in [0.25, 0.3) is 0 Å². The molecule has 182 valence electrons. The molecule has 7 nitrogen and oxygen atoms in total. The average Bonchev–Trinajstić information content (AvgIpc) is 3.44. The zero-order valence-corrected chi connectivity index (χ0v) is 19.6. The molecule has 3 aliphatic rings. The molecular formula is C28H30N2O5. The summed E-state index contributed by atoms with van der Waals surface area (Å²) in [6.07, 6.45) is 5.33. The van der Waals surface area contributed by atoms with Crippen LogP contribution >= 0.6 is 0 Å². The van der Waals surface area contributed by atoms with Gasteiger partial charge in [0.15, 0.2) is 0 Å². The Morgan fingerprint density at radius 1 is 1.03 bits per heavy atom. The van der Waals surface area contributed by atoms with Gasteiger partial charge in [0.1, 0.15) is 6.61 Å². The number of carbonyl (C=O) groups is 3. The third kappa shape index (κ3) is 4.94. The fourth-order valence-corrected chi connectivity index (χ4v) is 5.69. The highest BCUT2D eigenvalue weighted by molar-refractivity contribution is 5.80. The Morgan fingerprint density at radius 2 is 1.71 bits per heavy atom. The Bertz CT molecular complexity index is 1110. The molecule has 2 aliphatic carbocycles. The number of nitrogens with zero attached hydrogens (tertiary/aromatic N) is 1. The molecule has 3 atom stereocenters. The van der Waals surface area contributed by atoms with Crippen molar-refractivity contribution in [3.8, 4) is 11.1 Å². The molecule has 0 saturated carbocycles. The average molecular weight is 475 g/mol. The number of hydrogen-bond acceptors (Lipinski definition) is 4. The molecule has 5 rings (SSSR count). The summed E-state index contributed by atoms with van der Waals surface area (Å²) in [5.74, 6) is -0.982. The summed E-state index contributed by atoms with van der Waals surface area (Å²) in [7, 11) is 0. The summed E-state index contributed by atoms with van der Waals surface area (Å²) in [6, 6.07) is 16.1. The van der Waals surface area contributed by atoms with Gasteiger partial charge in [0, 0.05) is 31.3 Å². The maximum atomic E-state index is 13.0. The number of alkyl carbamates (subject to hydrolysis) is 1. The summed E-state index contributed by atoms with van der Waals surface area (Å²) < 4.78 is 5.65. The van der Waals surface area contributed by atoms with Crippen LogP contribution in [0.25, 0.3) is 11.1 Å². The van der Waals surface area contributed by atoms with E-state index in [0.29, 0.717) is 25.9 Å². The molecule has 1 heterocycles. The van der Waals surface area contributed by atoms with Crippen molar-refractivity contribution in [3.63, 3.8) is 0 Å². The van der Waals surface area contributed by atoms with Crippen molar-refractivity contribution >= 4 is 18.0 Å². The second kappa shape index (κ2) is 9.94. The highest BCUT2D eigenvalue weighted by Crippen LogP contribution is 2.44. The molecule has 2 N–H and O–H groups in total. The number of ether oxygens (including phenoxy) is 1. The minimum absolute atomic E-state index is 0.00158. The fraction of sp³-hybridized carbons (Fsp3) is 0.393. The Kier molecular flexibility index (Phi) is 6.57. The van der Waals surface area contributed by atoms with Crippen LogP contribution in [0.4, 0.5) is 4.79 Å². The zero-order valence-electron chi connectivity index (χ0n) is 19.6. The van der Waals surface area contributed by atoms with E-state index in [4.69, 9.17) is 9.84 Å². The lowest BCUT2D eigenvalue weighted by Crippen LogP contribution is -2.42. The maximum Gasteiger partial charge on any atom is 0.407 e. The van der Waals surface area contributed by atoms with Crippen molar-refractivity contribution in [2.45, 2.75) is 37.6 Å². The monoisotopic (exact) mass is 474 g/mol. The Balaban J connectivity index is 1.15. The largest absolute Gasteiger partial charge is 0.481 e. The summed E-state index contributed by atoms with van der Waals surface area (Å²) in [4.78, 5) is 38.4. The fourth-order valence-electron chi connectivity index (χ4n) is 5.69. The van der Waals surface area contributed by atoms with E-state index in [2.05, 4.69) is 29.6 Å². The van der Waals surface area contributed by atoms with Gasteiger partial charge >= 0.3 is 12.1 Å². The number of aliphatic carboxylic acids is 1. The molecule has 0 spiro atoms. The van der Waals surface area contributed by atoms with Gasteiger partial charge in [-0.2, -0.15) is 0 Å². The molecule has 1 saturated heterocycles. The van der Waals surface area contributed by atoms with Crippen molar-refractivity contribution in [3.05, 3.63) is 71.8 Å². The lowest BCUT2D eigenvalue weighted by Gasteiger charge is -2.28. The summed E-state index contributed by atoms with van der Waals surface area (Å²) >= 11 is 0. The lowest BCUT2D eigenvalue weighted by atomic mass is 9.90. The molecule has 35 heavy (non-hydrogen) atoms. The van der Waals surface area contributed by atoms with Crippen molar-refractivity contribution in [1.82, 2.24) is 10.2 Å². The standard InChI is InChI=1S/C28H30N2O5/c31-26(32)14-18-12-13-30(16-18)27(33)19-6-5-7-20(15-19)29-28(34)35-17-25-23-10-3-1-8-21(23)22-9-2-4-11-24(22)25/h1-5,7-11,18-20,25H,6,12-17H2,(H,29,34)(H,31,32)/t18?,19-,20-/m1/s1. The molecule has 1 aliphatic heterocycles.